The highest BCUT2D eigenvalue weighted by atomic mass is 32.2. The van der Waals surface area contributed by atoms with Crippen LogP contribution in [0.15, 0.2) is 43.0 Å². The molecule has 2 aromatic heterocycles. The molecule has 214 valence electrons. The smallest absolute Gasteiger partial charge is 0.228 e. The van der Waals surface area contributed by atoms with Crippen LogP contribution >= 0.6 is 0 Å². The Bertz CT molecular complexity index is 1410. The average molecular weight is 568 g/mol. The first-order chi connectivity index (χ1) is 19.0. The second-order valence-corrected chi connectivity index (χ2v) is 12.2. The van der Waals surface area contributed by atoms with E-state index < -0.39 is 10.0 Å². The molecule has 3 aromatic rings. The van der Waals surface area contributed by atoms with Gasteiger partial charge in [0.05, 0.1) is 25.2 Å². The lowest BCUT2D eigenvalue weighted by atomic mass is 10.1. The molecule has 0 saturated carbocycles. The van der Waals surface area contributed by atoms with Crippen LogP contribution in [-0.2, 0) is 27.6 Å². The highest BCUT2D eigenvalue weighted by molar-refractivity contribution is 7.88. The second kappa shape index (κ2) is 12.1. The van der Waals surface area contributed by atoms with E-state index in [-0.39, 0.29) is 6.15 Å². The summed E-state index contributed by atoms with van der Waals surface area (Å²) < 4.78 is 30.8. The number of fused-ring (bicyclic) bond motifs is 1. The zero-order chi connectivity index (χ0) is 26.8. The zero-order valence-electron chi connectivity index (χ0n) is 22.9. The number of rotatable bonds is 7. The van der Waals surface area contributed by atoms with E-state index in [1.807, 2.05) is 12.4 Å². The molecule has 2 fully saturated rings. The summed E-state index contributed by atoms with van der Waals surface area (Å²) in [6.07, 6.45) is 8.21. The van der Waals surface area contributed by atoms with Crippen molar-refractivity contribution in [2.75, 3.05) is 81.6 Å². The molecule has 13 heteroatoms. The van der Waals surface area contributed by atoms with Crippen molar-refractivity contribution >= 4 is 27.5 Å². The third kappa shape index (κ3) is 6.08. The Hall–Kier alpha value is -3.23. The first kappa shape index (κ1) is 28.3. The third-order valence-electron chi connectivity index (χ3n) is 7.68. The SMILES string of the molecule is CS(=O)(=O)N1CCN(CCc2cccc(N3CCc4c(-c5cncnc5)nc(N5CCOCC5)nc43)c2)CC1.N. The number of ether oxygens (including phenoxy) is 1. The van der Waals surface area contributed by atoms with Gasteiger partial charge in [-0.3, -0.25) is 0 Å². The molecular formula is C27H37N9O3S. The van der Waals surface area contributed by atoms with Gasteiger partial charge in [-0.2, -0.15) is 9.29 Å². The molecule has 0 radical (unpaired) electrons. The second-order valence-electron chi connectivity index (χ2n) is 10.2. The van der Waals surface area contributed by atoms with Crippen LogP contribution in [0.2, 0.25) is 0 Å². The molecule has 3 aliphatic rings. The van der Waals surface area contributed by atoms with Crippen LogP contribution < -0.4 is 16.0 Å². The van der Waals surface area contributed by atoms with Crippen molar-refractivity contribution in [2.24, 2.45) is 0 Å². The van der Waals surface area contributed by atoms with Crippen molar-refractivity contribution in [3.63, 3.8) is 0 Å². The molecule has 0 bridgehead atoms. The minimum Gasteiger partial charge on any atom is -0.378 e. The van der Waals surface area contributed by atoms with Gasteiger partial charge in [0.15, 0.2) is 0 Å². The molecule has 40 heavy (non-hydrogen) atoms. The number of morpholine rings is 1. The third-order valence-corrected chi connectivity index (χ3v) is 8.98. The largest absolute Gasteiger partial charge is 0.378 e. The number of aromatic nitrogens is 4. The number of sulfonamides is 1. The molecule has 0 amide bonds. The van der Waals surface area contributed by atoms with Gasteiger partial charge in [-0.25, -0.2) is 23.4 Å². The number of anilines is 3. The van der Waals surface area contributed by atoms with Gasteiger partial charge in [0, 0.05) is 81.6 Å². The molecule has 0 aliphatic carbocycles. The fourth-order valence-electron chi connectivity index (χ4n) is 5.51. The summed E-state index contributed by atoms with van der Waals surface area (Å²) in [5, 5.41) is 0. The minimum absolute atomic E-state index is 0. The predicted molar refractivity (Wildman–Crippen MR) is 155 cm³/mol. The normalized spacial score (nSPS) is 18.4. The number of nitrogens with zero attached hydrogens (tertiary/aromatic N) is 8. The highest BCUT2D eigenvalue weighted by Crippen LogP contribution is 2.39. The van der Waals surface area contributed by atoms with Gasteiger partial charge in [0.2, 0.25) is 16.0 Å². The summed E-state index contributed by atoms with van der Waals surface area (Å²) in [6.45, 7) is 7.23. The van der Waals surface area contributed by atoms with E-state index in [2.05, 4.69) is 48.9 Å². The monoisotopic (exact) mass is 567 g/mol. The van der Waals surface area contributed by atoms with Crippen LogP contribution in [0.1, 0.15) is 11.1 Å². The van der Waals surface area contributed by atoms with Crippen molar-refractivity contribution in [2.45, 2.75) is 12.8 Å². The fraction of sp³-hybridized carbons (Fsp3) is 0.481. The Morgan fingerprint density at radius 1 is 0.950 bits per heavy atom. The fourth-order valence-corrected chi connectivity index (χ4v) is 6.34. The summed E-state index contributed by atoms with van der Waals surface area (Å²) >= 11 is 0. The molecule has 1 aromatic carbocycles. The van der Waals surface area contributed by atoms with Crippen LogP contribution in [0.4, 0.5) is 17.5 Å². The van der Waals surface area contributed by atoms with Gasteiger partial charge in [-0.05, 0) is 30.5 Å². The lowest BCUT2D eigenvalue weighted by Crippen LogP contribution is -2.48. The van der Waals surface area contributed by atoms with Gasteiger partial charge in [0.1, 0.15) is 12.1 Å². The standard InChI is InChI=1S/C27H34N8O3S.H3N/c1-39(36,37)34-11-9-32(10-12-34)7-5-21-3-2-4-23(17-21)35-8-6-24-25(22-18-28-20-29-19-22)30-27(31-26(24)35)33-13-15-38-16-14-33;/h2-4,17-20H,5-16H2,1H3;1H3. The number of piperazine rings is 1. The quantitative estimate of drug-likeness (QED) is 0.446. The van der Waals surface area contributed by atoms with Crippen LogP contribution in [0.5, 0.6) is 0 Å². The van der Waals surface area contributed by atoms with Gasteiger partial charge >= 0.3 is 0 Å². The predicted octanol–water partition coefficient (Wildman–Crippen LogP) is 1.75. The number of hydrogen-bond acceptors (Lipinski definition) is 11. The van der Waals surface area contributed by atoms with E-state index in [4.69, 9.17) is 14.7 Å². The average Bonchev–Trinajstić information content (AvgIpc) is 3.41. The molecule has 6 rings (SSSR count). The minimum atomic E-state index is -3.11. The van der Waals surface area contributed by atoms with E-state index >= 15 is 0 Å². The van der Waals surface area contributed by atoms with E-state index in [1.165, 1.54) is 18.1 Å². The lowest BCUT2D eigenvalue weighted by Gasteiger charge is -2.33. The van der Waals surface area contributed by atoms with E-state index in [0.29, 0.717) is 32.3 Å². The van der Waals surface area contributed by atoms with E-state index in [0.717, 1.165) is 80.4 Å². The Labute approximate surface area is 235 Å². The molecule has 3 aliphatic heterocycles. The summed E-state index contributed by atoms with van der Waals surface area (Å²) in [7, 11) is -3.11. The van der Waals surface area contributed by atoms with Crippen molar-refractivity contribution in [3.8, 4) is 11.3 Å². The van der Waals surface area contributed by atoms with Gasteiger partial charge in [-0.1, -0.05) is 12.1 Å². The molecule has 0 spiro atoms. The van der Waals surface area contributed by atoms with Crippen molar-refractivity contribution < 1.29 is 13.2 Å². The Kier molecular flexibility index (Phi) is 8.57. The van der Waals surface area contributed by atoms with E-state index in [9.17, 15) is 8.42 Å². The van der Waals surface area contributed by atoms with Gasteiger partial charge in [-0.15, -0.1) is 0 Å². The number of benzene rings is 1. The first-order valence-electron chi connectivity index (χ1n) is 13.5. The van der Waals surface area contributed by atoms with Crippen LogP contribution in [0.25, 0.3) is 11.3 Å². The molecule has 0 atom stereocenters. The highest BCUT2D eigenvalue weighted by Gasteiger charge is 2.29. The Morgan fingerprint density at radius 2 is 1.70 bits per heavy atom. The van der Waals surface area contributed by atoms with Gasteiger partial charge in [0.25, 0.3) is 0 Å². The summed E-state index contributed by atoms with van der Waals surface area (Å²) in [6, 6.07) is 8.67. The first-order valence-corrected chi connectivity index (χ1v) is 15.3. The number of hydrogen-bond donors (Lipinski definition) is 1. The van der Waals surface area contributed by atoms with Crippen LogP contribution in [-0.4, -0.2) is 109 Å². The zero-order valence-corrected chi connectivity index (χ0v) is 23.8. The molecule has 2 saturated heterocycles. The molecular weight excluding hydrogens is 530 g/mol. The van der Waals surface area contributed by atoms with Gasteiger partial charge < -0.3 is 25.6 Å². The Balaban J connectivity index is 0.00000323. The molecule has 5 heterocycles. The molecule has 0 unspecified atom stereocenters. The molecule has 3 N–H and O–H groups in total. The van der Waals surface area contributed by atoms with E-state index in [1.54, 1.807) is 4.31 Å². The maximum atomic E-state index is 11.8. The van der Waals surface area contributed by atoms with Crippen LogP contribution in [0.3, 0.4) is 0 Å². The van der Waals surface area contributed by atoms with Crippen molar-refractivity contribution in [3.05, 3.63) is 54.1 Å². The van der Waals surface area contributed by atoms with Crippen LogP contribution in [0, 0.1) is 0 Å². The lowest BCUT2D eigenvalue weighted by molar-refractivity contribution is 0.122. The topological polar surface area (TPSA) is 143 Å². The summed E-state index contributed by atoms with van der Waals surface area (Å²) in [5.41, 5.74) is 5.29. The van der Waals surface area contributed by atoms with Crippen molar-refractivity contribution in [1.82, 2.24) is 35.3 Å². The summed E-state index contributed by atoms with van der Waals surface area (Å²) in [4.78, 5) is 25.4. The Morgan fingerprint density at radius 3 is 2.42 bits per heavy atom. The molecule has 12 nitrogen and oxygen atoms in total. The maximum Gasteiger partial charge on any atom is 0.228 e. The summed E-state index contributed by atoms with van der Waals surface area (Å²) in [5.74, 6) is 1.66. The van der Waals surface area contributed by atoms with Crippen molar-refractivity contribution in [1.29, 1.82) is 0 Å². The maximum absolute atomic E-state index is 11.8.